The molecule has 3 aromatic carbocycles. The maximum Gasteiger partial charge on any atom is 0.313 e. The number of nitrogens with zero attached hydrogens (tertiary/aromatic N) is 4. The fourth-order valence-electron chi connectivity index (χ4n) is 9.02. The number of esters is 1. The lowest BCUT2D eigenvalue weighted by molar-refractivity contribution is -0.164. The fraction of sp³-hybridized carbons (Fsp3) is 0.422. The Morgan fingerprint density at radius 2 is 1.57 bits per heavy atom. The van der Waals surface area contributed by atoms with Crippen molar-refractivity contribution in [1.82, 2.24) is 9.80 Å². The summed E-state index contributed by atoms with van der Waals surface area (Å²) in [6, 6.07) is 24.1. The van der Waals surface area contributed by atoms with Gasteiger partial charge in [0.1, 0.15) is 23.7 Å². The minimum atomic E-state index is -1.56. The van der Waals surface area contributed by atoms with E-state index in [0.717, 1.165) is 24.3 Å². The number of hydrogen-bond donors (Lipinski definition) is 1. The quantitative estimate of drug-likeness (QED) is 0.237. The Labute approximate surface area is 329 Å². The number of aliphatic hydroxyl groups excluding tert-OH is 1. The molecular formula is C45H52N4O7. The molecule has 11 nitrogen and oxygen atoms in total. The van der Waals surface area contributed by atoms with Gasteiger partial charge in [-0.3, -0.25) is 19.2 Å². The van der Waals surface area contributed by atoms with E-state index >= 15 is 9.59 Å². The number of cyclic esters (lactones) is 1. The van der Waals surface area contributed by atoms with E-state index in [2.05, 4.69) is 18.7 Å². The minimum Gasteiger partial charge on any atom is -0.455 e. The molecule has 8 atom stereocenters. The Hall–Kier alpha value is -5.26. The van der Waals surface area contributed by atoms with E-state index in [1.807, 2.05) is 104 Å². The number of likely N-dealkylation sites (N-methyl/N-ethyl adjacent to an activating group) is 1. The first-order valence-corrected chi connectivity index (χ1v) is 19.8. The average molecular weight is 761 g/mol. The van der Waals surface area contributed by atoms with Crippen molar-refractivity contribution in [2.45, 2.75) is 76.0 Å². The monoisotopic (exact) mass is 760 g/mol. The molecule has 4 aliphatic heterocycles. The second-order valence-corrected chi connectivity index (χ2v) is 15.1. The number of fused-ring (bicyclic) bond motifs is 2. The average Bonchev–Trinajstić information content (AvgIpc) is 3.62. The molecule has 0 saturated carbocycles. The van der Waals surface area contributed by atoms with Crippen molar-refractivity contribution in [2.24, 2.45) is 11.8 Å². The van der Waals surface area contributed by atoms with Crippen molar-refractivity contribution in [1.29, 1.82) is 0 Å². The third-order valence-corrected chi connectivity index (χ3v) is 12.1. The van der Waals surface area contributed by atoms with E-state index in [1.165, 1.54) is 4.90 Å². The van der Waals surface area contributed by atoms with E-state index in [-0.39, 0.29) is 31.2 Å². The molecule has 4 heterocycles. The summed E-state index contributed by atoms with van der Waals surface area (Å²) >= 11 is 0. The number of ether oxygens (including phenoxy) is 2. The highest BCUT2D eigenvalue weighted by Crippen LogP contribution is 2.54. The zero-order valence-corrected chi connectivity index (χ0v) is 32.6. The molecule has 0 aromatic heterocycles. The number of anilines is 2. The SMILES string of the molecule is CCN(CC)c1ccc(N2CC=C[C@@]34O[C@H]5/C=C\CCC(=O)N(C)[C@@H](C)[C@H](c6ccccc6)OC(=O)[C@H]5[C@@H]3C(=O)N([C@@H](CO)Cc3ccccc3)[C@H]4C2=O)cc1. The van der Waals surface area contributed by atoms with Crippen LogP contribution in [0.4, 0.5) is 11.4 Å². The molecule has 1 spiro atoms. The molecule has 294 valence electrons. The Kier molecular flexibility index (Phi) is 11.5. The third-order valence-electron chi connectivity index (χ3n) is 12.1. The van der Waals surface area contributed by atoms with Gasteiger partial charge in [0.2, 0.25) is 11.8 Å². The minimum absolute atomic E-state index is 0.0964. The Morgan fingerprint density at radius 3 is 2.23 bits per heavy atom. The summed E-state index contributed by atoms with van der Waals surface area (Å²) in [6.45, 7) is 7.50. The lowest BCUT2D eigenvalue weighted by atomic mass is 9.77. The van der Waals surface area contributed by atoms with Crippen molar-refractivity contribution in [3.63, 3.8) is 0 Å². The summed E-state index contributed by atoms with van der Waals surface area (Å²) in [5.74, 6) is -3.85. The predicted octanol–water partition coefficient (Wildman–Crippen LogP) is 5.10. The van der Waals surface area contributed by atoms with Crippen molar-refractivity contribution < 1.29 is 33.8 Å². The number of likely N-dealkylation sites (tertiary alicyclic amines) is 1. The van der Waals surface area contributed by atoms with Crippen molar-refractivity contribution >= 4 is 35.1 Å². The Balaban J connectivity index is 1.33. The van der Waals surface area contributed by atoms with Crippen LogP contribution in [0.3, 0.4) is 0 Å². The van der Waals surface area contributed by atoms with Crippen LogP contribution in [0.5, 0.6) is 0 Å². The maximum atomic E-state index is 15.3. The number of allylic oxidation sites excluding steroid dienone is 1. The second-order valence-electron chi connectivity index (χ2n) is 15.1. The Morgan fingerprint density at radius 1 is 0.893 bits per heavy atom. The molecule has 1 N–H and O–H groups in total. The van der Waals surface area contributed by atoms with Gasteiger partial charge in [0.25, 0.3) is 5.91 Å². The van der Waals surface area contributed by atoms with Crippen molar-refractivity contribution in [3.05, 3.63) is 120 Å². The highest BCUT2D eigenvalue weighted by molar-refractivity contribution is 6.05. The molecule has 0 bridgehead atoms. The molecule has 56 heavy (non-hydrogen) atoms. The number of aliphatic hydroxyl groups is 1. The van der Waals surface area contributed by atoms with E-state index in [1.54, 1.807) is 29.0 Å². The van der Waals surface area contributed by atoms with E-state index in [0.29, 0.717) is 17.7 Å². The molecule has 2 fully saturated rings. The van der Waals surface area contributed by atoms with Crippen LogP contribution in [0.1, 0.15) is 50.8 Å². The van der Waals surface area contributed by atoms with E-state index < -0.39 is 66.3 Å². The molecule has 0 unspecified atom stereocenters. The first kappa shape index (κ1) is 39.0. The molecule has 0 radical (unpaired) electrons. The summed E-state index contributed by atoms with van der Waals surface area (Å²) in [6.07, 6.45) is 6.32. The summed E-state index contributed by atoms with van der Waals surface area (Å²) < 4.78 is 13.4. The van der Waals surface area contributed by atoms with Gasteiger partial charge in [0, 0.05) is 44.5 Å². The maximum absolute atomic E-state index is 15.3. The fourth-order valence-corrected chi connectivity index (χ4v) is 9.02. The van der Waals surface area contributed by atoms with Gasteiger partial charge in [-0.1, -0.05) is 85.0 Å². The molecular weight excluding hydrogens is 709 g/mol. The number of carbonyl (C=O) groups excluding carboxylic acids is 4. The van der Waals surface area contributed by atoms with Gasteiger partial charge in [-0.15, -0.1) is 0 Å². The third kappa shape index (κ3) is 7.03. The predicted molar refractivity (Wildman–Crippen MR) is 214 cm³/mol. The highest BCUT2D eigenvalue weighted by Gasteiger charge is 2.72. The molecule has 4 aliphatic rings. The topological polar surface area (TPSA) is 120 Å². The summed E-state index contributed by atoms with van der Waals surface area (Å²) in [5, 5.41) is 11.0. The lowest BCUT2D eigenvalue weighted by Gasteiger charge is -2.38. The van der Waals surface area contributed by atoms with Crippen LogP contribution in [0, 0.1) is 11.8 Å². The van der Waals surface area contributed by atoms with Gasteiger partial charge in [-0.25, -0.2) is 0 Å². The van der Waals surface area contributed by atoms with Gasteiger partial charge in [-0.05, 0) is 69.0 Å². The summed E-state index contributed by atoms with van der Waals surface area (Å²) in [5.41, 5.74) is 1.72. The smallest absolute Gasteiger partial charge is 0.313 e. The standard InChI is InChI=1S/C45H52N4O7/c1-5-47(6-2)33-22-24-34(25-23-33)48-27-15-26-45-39(42(52)49(41(45)43(48)53)35(29-50)28-31-16-9-7-10-17-31)38-36(56-45)20-13-14-21-37(51)46(4)30(3)40(55-44(38)54)32-18-11-8-12-19-32/h7-13,15-20,22-26,30,35-36,38-41,50H,5-6,14,21,27-29H2,1-4H3/b20-13-/t30-,35+,36-,38+,39+,40+,41-,45+/m0/s1. The van der Waals surface area contributed by atoms with Crippen molar-refractivity contribution in [2.75, 3.05) is 43.1 Å². The van der Waals surface area contributed by atoms with Crippen LogP contribution < -0.4 is 9.80 Å². The van der Waals surface area contributed by atoms with E-state index in [9.17, 15) is 14.7 Å². The largest absolute Gasteiger partial charge is 0.455 e. The summed E-state index contributed by atoms with van der Waals surface area (Å²) in [7, 11) is 1.71. The molecule has 11 heteroatoms. The zero-order valence-electron chi connectivity index (χ0n) is 32.6. The normalized spacial score (nSPS) is 29.1. The molecule has 3 aromatic rings. The van der Waals surface area contributed by atoms with Crippen LogP contribution >= 0.6 is 0 Å². The number of amides is 3. The van der Waals surface area contributed by atoms with Crippen LogP contribution in [0.15, 0.2) is 109 Å². The molecule has 2 saturated heterocycles. The number of carbonyl (C=O) groups is 4. The first-order valence-electron chi connectivity index (χ1n) is 19.8. The lowest BCUT2D eigenvalue weighted by Crippen LogP contribution is -2.58. The van der Waals surface area contributed by atoms with Gasteiger partial charge in [-0.2, -0.15) is 0 Å². The highest BCUT2D eigenvalue weighted by atomic mass is 16.6. The Bertz CT molecular complexity index is 1950. The summed E-state index contributed by atoms with van der Waals surface area (Å²) in [4.78, 5) is 65.6. The molecule has 0 aliphatic carbocycles. The van der Waals surface area contributed by atoms with Gasteiger partial charge < -0.3 is 34.2 Å². The van der Waals surface area contributed by atoms with Crippen LogP contribution in [0.25, 0.3) is 0 Å². The molecule has 7 rings (SSSR count). The van der Waals surface area contributed by atoms with Crippen molar-refractivity contribution in [3.8, 4) is 0 Å². The van der Waals surface area contributed by atoms with Crippen LogP contribution in [-0.2, 0) is 35.1 Å². The molecule has 3 amide bonds. The van der Waals surface area contributed by atoms with Crippen LogP contribution in [0.2, 0.25) is 0 Å². The first-order chi connectivity index (χ1) is 27.1. The van der Waals surface area contributed by atoms with Gasteiger partial charge in [0.15, 0.2) is 0 Å². The second kappa shape index (κ2) is 16.5. The van der Waals surface area contributed by atoms with E-state index in [4.69, 9.17) is 9.47 Å². The zero-order chi connectivity index (χ0) is 39.6. The van der Waals surface area contributed by atoms with Gasteiger partial charge >= 0.3 is 5.97 Å². The number of rotatable bonds is 9. The number of benzene rings is 3. The van der Waals surface area contributed by atoms with Gasteiger partial charge in [0.05, 0.1) is 30.7 Å². The number of hydrogen-bond acceptors (Lipinski definition) is 8. The van der Waals surface area contributed by atoms with Crippen LogP contribution in [-0.4, -0.2) is 102 Å².